The van der Waals surface area contributed by atoms with E-state index in [1.54, 1.807) is 23.1 Å². The lowest BCUT2D eigenvalue weighted by Gasteiger charge is -2.36. The van der Waals surface area contributed by atoms with E-state index in [0.717, 1.165) is 25.5 Å². The molecule has 10 heteroatoms. The van der Waals surface area contributed by atoms with Crippen LogP contribution in [0.1, 0.15) is 29.6 Å². The van der Waals surface area contributed by atoms with Gasteiger partial charge in [-0.05, 0) is 47.9 Å². The number of hydrogen-bond donors (Lipinski definition) is 1. The Balaban J connectivity index is 1.79. The van der Waals surface area contributed by atoms with Crippen molar-refractivity contribution in [1.29, 1.82) is 0 Å². The molecule has 1 fully saturated rings. The number of hydrogen-bond acceptors (Lipinski definition) is 6. The van der Waals surface area contributed by atoms with Gasteiger partial charge in [0, 0.05) is 24.7 Å². The van der Waals surface area contributed by atoms with Crippen molar-refractivity contribution in [3.8, 4) is 5.69 Å². The standard InChI is InChI=1S/C15H20N6O3S/c1-25(23,24)17-10-14-6-2-3-8-20(14)15(22)12-5-4-7-13(9-12)21-11-16-18-19-21/h4-5,7,9,11,14,17H,2-3,6,8,10H2,1H3. The van der Waals surface area contributed by atoms with Gasteiger partial charge in [0.25, 0.3) is 5.91 Å². The maximum Gasteiger partial charge on any atom is 0.254 e. The van der Waals surface area contributed by atoms with Crippen LogP contribution in [0.3, 0.4) is 0 Å². The molecule has 1 aromatic heterocycles. The van der Waals surface area contributed by atoms with Gasteiger partial charge in [0.05, 0.1) is 11.9 Å². The summed E-state index contributed by atoms with van der Waals surface area (Å²) in [7, 11) is -3.29. The van der Waals surface area contributed by atoms with Gasteiger partial charge in [-0.2, -0.15) is 0 Å². The van der Waals surface area contributed by atoms with Crippen molar-refractivity contribution in [3.63, 3.8) is 0 Å². The maximum atomic E-state index is 12.9. The summed E-state index contributed by atoms with van der Waals surface area (Å²) in [6.45, 7) is 0.849. The molecular formula is C15H20N6O3S. The van der Waals surface area contributed by atoms with Crippen LogP contribution in [0.2, 0.25) is 0 Å². The molecule has 2 heterocycles. The van der Waals surface area contributed by atoms with Crippen molar-refractivity contribution < 1.29 is 13.2 Å². The van der Waals surface area contributed by atoms with Crippen molar-refractivity contribution in [1.82, 2.24) is 29.8 Å². The highest BCUT2D eigenvalue weighted by atomic mass is 32.2. The number of benzene rings is 1. The van der Waals surface area contributed by atoms with E-state index in [0.29, 0.717) is 17.8 Å². The fourth-order valence-electron chi connectivity index (χ4n) is 2.95. The number of nitrogens with one attached hydrogen (secondary N) is 1. The minimum Gasteiger partial charge on any atom is -0.334 e. The fourth-order valence-corrected chi connectivity index (χ4v) is 3.45. The average Bonchev–Trinajstić information content (AvgIpc) is 3.14. The van der Waals surface area contributed by atoms with Crippen LogP contribution in [0.25, 0.3) is 5.69 Å². The summed E-state index contributed by atoms with van der Waals surface area (Å²) in [5, 5.41) is 11.0. The number of piperidine rings is 1. The first-order chi connectivity index (χ1) is 11.9. The Bertz CT molecular complexity index is 837. The molecular weight excluding hydrogens is 344 g/mol. The van der Waals surface area contributed by atoms with Crippen LogP contribution in [-0.4, -0.2) is 64.8 Å². The zero-order valence-corrected chi connectivity index (χ0v) is 14.7. The second kappa shape index (κ2) is 7.28. The van der Waals surface area contributed by atoms with E-state index in [1.165, 1.54) is 11.0 Å². The van der Waals surface area contributed by atoms with Gasteiger partial charge in [0.1, 0.15) is 6.33 Å². The molecule has 3 rings (SSSR count). The second-order valence-electron chi connectivity index (χ2n) is 6.07. The third kappa shape index (κ3) is 4.40. The highest BCUT2D eigenvalue weighted by molar-refractivity contribution is 7.88. The monoisotopic (exact) mass is 364 g/mol. The molecule has 0 aliphatic carbocycles. The van der Waals surface area contributed by atoms with E-state index in [-0.39, 0.29) is 18.5 Å². The predicted octanol–water partition coefficient (Wildman–Crippen LogP) is 0.206. The highest BCUT2D eigenvalue weighted by Gasteiger charge is 2.28. The predicted molar refractivity (Wildman–Crippen MR) is 90.7 cm³/mol. The number of tetrazole rings is 1. The number of rotatable bonds is 5. The molecule has 2 aromatic rings. The number of sulfonamides is 1. The van der Waals surface area contributed by atoms with E-state index in [9.17, 15) is 13.2 Å². The van der Waals surface area contributed by atoms with Crippen LogP contribution in [-0.2, 0) is 10.0 Å². The lowest BCUT2D eigenvalue weighted by Crippen LogP contribution is -2.49. The Morgan fingerprint density at radius 1 is 1.36 bits per heavy atom. The van der Waals surface area contributed by atoms with Gasteiger partial charge in [-0.1, -0.05) is 6.07 Å². The van der Waals surface area contributed by atoms with Gasteiger partial charge in [0.2, 0.25) is 10.0 Å². The lowest BCUT2D eigenvalue weighted by molar-refractivity contribution is 0.0618. The number of aromatic nitrogens is 4. The van der Waals surface area contributed by atoms with Crippen LogP contribution in [0, 0.1) is 0 Å². The number of carbonyl (C=O) groups excluding carboxylic acids is 1. The number of carbonyl (C=O) groups is 1. The zero-order chi connectivity index (χ0) is 17.9. The Morgan fingerprint density at radius 2 is 2.20 bits per heavy atom. The summed E-state index contributed by atoms with van der Waals surface area (Å²) in [5.41, 5.74) is 1.22. The summed E-state index contributed by atoms with van der Waals surface area (Å²) in [5.74, 6) is -0.116. The Morgan fingerprint density at radius 3 is 2.92 bits per heavy atom. The molecule has 1 unspecified atom stereocenters. The molecule has 1 atom stereocenters. The molecule has 0 saturated carbocycles. The van der Waals surface area contributed by atoms with Crippen LogP contribution in [0.15, 0.2) is 30.6 Å². The molecule has 1 aliphatic rings. The molecule has 1 saturated heterocycles. The van der Waals surface area contributed by atoms with Crippen molar-refractivity contribution in [2.24, 2.45) is 0 Å². The van der Waals surface area contributed by atoms with Crippen LogP contribution in [0.5, 0.6) is 0 Å². The largest absolute Gasteiger partial charge is 0.334 e. The van der Waals surface area contributed by atoms with Crippen molar-refractivity contribution in [2.45, 2.75) is 25.3 Å². The van der Waals surface area contributed by atoms with Gasteiger partial charge in [0.15, 0.2) is 0 Å². The first-order valence-electron chi connectivity index (χ1n) is 8.03. The molecule has 0 spiro atoms. The maximum absolute atomic E-state index is 12.9. The minimum atomic E-state index is -3.29. The fraction of sp³-hybridized carbons (Fsp3) is 0.467. The molecule has 0 bridgehead atoms. The molecule has 9 nitrogen and oxygen atoms in total. The van der Waals surface area contributed by atoms with E-state index in [2.05, 4.69) is 20.2 Å². The quantitative estimate of drug-likeness (QED) is 0.812. The first-order valence-corrected chi connectivity index (χ1v) is 9.92. The molecule has 1 aliphatic heterocycles. The van der Waals surface area contributed by atoms with Gasteiger partial charge < -0.3 is 4.90 Å². The smallest absolute Gasteiger partial charge is 0.254 e. The summed E-state index contributed by atoms with van der Waals surface area (Å²) in [4.78, 5) is 14.7. The zero-order valence-electron chi connectivity index (χ0n) is 13.9. The second-order valence-corrected chi connectivity index (χ2v) is 7.91. The lowest BCUT2D eigenvalue weighted by atomic mass is 10.0. The number of amides is 1. The molecule has 25 heavy (non-hydrogen) atoms. The minimum absolute atomic E-state index is 0.116. The molecule has 0 radical (unpaired) electrons. The Hall–Kier alpha value is -2.33. The molecule has 1 amide bonds. The van der Waals surface area contributed by atoms with Gasteiger partial charge in [-0.15, -0.1) is 5.10 Å². The van der Waals surface area contributed by atoms with Gasteiger partial charge in [-0.25, -0.2) is 17.8 Å². The van der Waals surface area contributed by atoms with E-state index in [4.69, 9.17) is 0 Å². The number of nitrogens with zero attached hydrogens (tertiary/aromatic N) is 5. The molecule has 1 N–H and O–H groups in total. The highest BCUT2D eigenvalue weighted by Crippen LogP contribution is 2.20. The van der Waals surface area contributed by atoms with Gasteiger partial charge >= 0.3 is 0 Å². The van der Waals surface area contributed by atoms with Crippen molar-refractivity contribution in [2.75, 3.05) is 19.3 Å². The summed E-state index contributed by atoms with van der Waals surface area (Å²) in [6.07, 6.45) is 5.25. The third-order valence-corrected chi connectivity index (χ3v) is 4.87. The molecule has 1 aromatic carbocycles. The van der Waals surface area contributed by atoms with Crippen molar-refractivity contribution in [3.05, 3.63) is 36.2 Å². The Labute approximate surface area is 146 Å². The number of likely N-dealkylation sites (tertiary alicyclic amines) is 1. The van der Waals surface area contributed by atoms with Crippen LogP contribution in [0.4, 0.5) is 0 Å². The van der Waals surface area contributed by atoms with Crippen molar-refractivity contribution >= 4 is 15.9 Å². The first kappa shape index (κ1) is 17.5. The van der Waals surface area contributed by atoms with E-state index < -0.39 is 10.0 Å². The van der Waals surface area contributed by atoms with E-state index >= 15 is 0 Å². The normalized spacial score (nSPS) is 18.3. The summed E-state index contributed by atoms with van der Waals surface area (Å²) < 4.78 is 26.7. The summed E-state index contributed by atoms with van der Waals surface area (Å²) >= 11 is 0. The average molecular weight is 364 g/mol. The topological polar surface area (TPSA) is 110 Å². The van der Waals surface area contributed by atoms with Crippen LogP contribution < -0.4 is 4.72 Å². The van der Waals surface area contributed by atoms with Gasteiger partial charge in [-0.3, -0.25) is 4.79 Å². The Kier molecular flexibility index (Phi) is 5.09. The van der Waals surface area contributed by atoms with Crippen LogP contribution >= 0.6 is 0 Å². The third-order valence-electron chi connectivity index (χ3n) is 4.18. The summed E-state index contributed by atoms with van der Waals surface area (Å²) in [6, 6.07) is 6.91. The molecule has 134 valence electrons. The SMILES string of the molecule is CS(=O)(=O)NCC1CCCCN1C(=O)c1cccc(-n2cnnn2)c1. The van der Waals surface area contributed by atoms with E-state index in [1.807, 2.05) is 6.07 Å².